The van der Waals surface area contributed by atoms with Gasteiger partial charge in [0, 0.05) is 5.56 Å². The Hall–Kier alpha value is -2.04. The lowest BCUT2D eigenvalue weighted by Gasteiger charge is -2.06. The summed E-state index contributed by atoms with van der Waals surface area (Å²) in [4.78, 5) is 21.1. The maximum Gasteiger partial charge on any atom is 0.339 e. The molecule has 0 aromatic heterocycles. The molecule has 74 valence electrons. The highest BCUT2D eigenvalue weighted by Gasteiger charge is 2.15. The smallest absolute Gasteiger partial charge is 0.339 e. The summed E-state index contributed by atoms with van der Waals surface area (Å²) in [6, 6.07) is 2.34. The first-order chi connectivity index (χ1) is 6.60. The topological polar surface area (TPSA) is 83.8 Å². The molecule has 0 aliphatic heterocycles. The van der Waals surface area contributed by atoms with Crippen molar-refractivity contribution in [2.45, 2.75) is 0 Å². The van der Waals surface area contributed by atoms with Crippen LogP contribution in [0, 0.1) is 0 Å². The predicted molar refractivity (Wildman–Crippen MR) is 47.0 cm³/mol. The number of benzene rings is 1. The molecule has 5 heteroatoms. The van der Waals surface area contributed by atoms with Crippen LogP contribution in [0.2, 0.25) is 0 Å². The van der Waals surface area contributed by atoms with Crippen LogP contribution < -0.4 is 4.74 Å². The molecule has 0 amide bonds. The number of hydrogen-bond acceptors (Lipinski definition) is 4. The van der Waals surface area contributed by atoms with E-state index < -0.39 is 11.7 Å². The van der Waals surface area contributed by atoms with Crippen LogP contribution in [0.4, 0.5) is 0 Å². The van der Waals surface area contributed by atoms with E-state index in [0.717, 1.165) is 6.07 Å². The molecule has 0 atom stereocenters. The van der Waals surface area contributed by atoms with Crippen molar-refractivity contribution in [3.63, 3.8) is 0 Å². The Morgan fingerprint density at radius 2 is 2.14 bits per heavy atom. The van der Waals surface area contributed by atoms with Crippen molar-refractivity contribution in [3.8, 4) is 11.5 Å². The van der Waals surface area contributed by atoms with Gasteiger partial charge in [0.1, 0.15) is 11.8 Å². The average Bonchev–Trinajstić information content (AvgIpc) is 2.17. The minimum absolute atomic E-state index is 0.0352. The molecule has 0 spiro atoms. The highest BCUT2D eigenvalue weighted by molar-refractivity contribution is 5.94. The first-order valence-electron chi connectivity index (χ1n) is 3.69. The number of aldehydes is 1. The fourth-order valence-electron chi connectivity index (χ4n) is 1.02. The summed E-state index contributed by atoms with van der Waals surface area (Å²) < 4.78 is 4.71. The normalized spacial score (nSPS) is 9.50. The summed E-state index contributed by atoms with van der Waals surface area (Å²) in [5.74, 6) is -1.83. The molecule has 5 nitrogen and oxygen atoms in total. The second-order valence-electron chi connectivity index (χ2n) is 2.54. The zero-order valence-electron chi connectivity index (χ0n) is 7.35. The van der Waals surface area contributed by atoms with Gasteiger partial charge >= 0.3 is 5.97 Å². The van der Waals surface area contributed by atoms with E-state index in [1.165, 1.54) is 13.2 Å². The van der Waals surface area contributed by atoms with Crippen LogP contribution in [0.3, 0.4) is 0 Å². The minimum atomic E-state index is -1.32. The van der Waals surface area contributed by atoms with Gasteiger partial charge in [0.25, 0.3) is 0 Å². The number of aromatic carboxylic acids is 1. The molecule has 1 rings (SSSR count). The maximum absolute atomic E-state index is 10.6. The fraction of sp³-hybridized carbons (Fsp3) is 0.111. The molecule has 0 saturated carbocycles. The van der Waals surface area contributed by atoms with Crippen LogP contribution in [-0.4, -0.2) is 29.6 Å². The van der Waals surface area contributed by atoms with E-state index >= 15 is 0 Å². The van der Waals surface area contributed by atoms with Gasteiger partial charge in [-0.1, -0.05) is 0 Å². The summed E-state index contributed by atoms with van der Waals surface area (Å²) in [6.07, 6.45) is 0.481. The molecule has 0 bridgehead atoms. The number of methoxy groups -OCH3 is 1. The summed E-state index contributed by atoms with van der Waals surface area (Å²) in [6.45, 7) is 0. The van der Waals surface area contributed by atoms with E-state index in [1.807, 2.05) is 0 Å². The van der Waals surface area contributed by atoms with E-state index in [2.05, 4.69) is 0 Å². The molecule has 0 heterocycles. The van der Waals surface area contributed by atoms with Crippen LogP contribution in [-0.2, 0) is 0 Å². The van der Waals surface area contributed by atoms with Gasteiger partial charge in [-0.05, 0) is 12.1 Å². The molecule has 0 fully saturated rings. The number of carboxylic acid groups (broad SMARTS) is 1. The maximum atomic E-state index is 10.6. The van der Waals surface area contributed by atoms with Crippen LogP contribution >= 0.6 is 0 Å². The zero-order valence-corrected chi connectivity index (χ0v) is 7.35. The number of ether oxygens (including phenoxy) is 1. The van der Waals surface area contributed by atoms with Gasteiger partial charge in [-0.15, -0.1) is 0 Å². The van der Waals surface area contributed by atoms with E-state index in [9.17, 15) is 14.7 Å². The van der Waals surface area contributed by atoms with E-state index in [4.69, 9.17) is 9.84 Å². The summed E-state index contributed by atoms with van der Waals surface area (Å²) in [5, 5.41) is 18.0. The third-order valence-electron chi connectivity index (χ3n) is 1.68. The lowest BCUT2D eigenvalue weighted by Crippen LogP contribution is -2.00. The predicted octanol–water partition coefficient (Wildman–Crippen LogP) is 0.911. The molecule has 0 radical (unpaired) electrons. The third-order valence-corrected chi connectivity index (χ3v) is 1.68. The van der Waals surface area contributed by atoms with Crippen LogP contribution in [0.15, 0.2) is 12.1 Å². The van der Waals surface area contributed by atoms with Crippen molar-refractivity contribution in [1.29, 1.82) is 0 Å². The molecule has 0 aliphatic carbocycles. The zero-order chi connectivity index (χ0) is 10.7. The first kappa shape index (κ1) is 10.0. The summed E-state index contributed by atoms with van der Waals surface area (Å²) >= 11 is 0. The number of phenols is 1. The molecule has 2 N–H and O–H groups in total. The van der Waals surface area contributed by atoms with Gasteiger partial charge in [-0.25, -0.2) is 4.79 Å². The monoisotopic (exact) mass is 196 g/mol. The highest BCUT2D eigenvalue weighted by Crippen LogP contribution is 2.30. The number of aromatic hydroxyl groups is 1. The number of carbonyl (C=O) groups is 2. The van der Waals surface area contributed by atoms with Gasteiger partial charge < -0.3 is 14.9 Å². The van der Waals surface area contributed by atoms with E-state index in [-0.39, 0.29) is 16.9 Å². The number of carboxylic acids is 1. The van der Waals surface area contributed by atoms with Gasteiger partial charge in [-0.2, -0.15) is 0 Å². The molecule has 0 unspecified atom stereocenters. The molecule has 1 aromatic rings. The van der Waals surface area contributed by atoms with Crippen molar-refractivity contribution in [3.05, 3.63) is 23.3 Å². The van der Waals surface area contributed by atoms with Gasteiger partial charge in [0.2, 0.25) is 0 Å². The minimum Gasteiger partial charge on any atom is -0.504 e. The summed E-state index contributed by atoms with van der Waals surface area (Å²) in [5.41, 5.74) is -0.219. The number of hydrogen-bond donors (Lipinski definition) is 2. The standard InChI is InChI=1S/C9H8O5/c1-14-7-3-5(4-10)2-6(8(7)11)9(12)13/h2-4,11H,1H3,(H,12,13). The van der Waals surface area contributed by atoms with Crippen molar-refractivity contribution in [2.75, 3.05) is 7.11 Å². The lowest BCUT2D eigenvalue weighted by atomic mass is 10.1. The fourth-order valence-corrected chi connectivity index (χ4v) is 1.02. The second-order valence-corrected chi connectivity index (χ2v) is 2.54. The molecule has 14 heavy (non-hydrogen) atoms. The van der Waals surface area contributed by atoms with Crippen molar-refractivity contribution in [2.24, 2.45) is 0 Å². The van der Waals surface area contributed by atoms with Gasteiger partial charge in [-0.3, -0.25) is 4.79 Å². The highest BCUT2D eigenvalue weighted by atomic mass is 16.5. The first-order valence-corrected chi connectivity index (χ1v) is 3.69. The van der Waals surface area contributed by atoms with Crippen LogP contribution in [0.1, 0.15) is 20.7 Å². The largest absolute Gasteiger partial charge is 0.504 e. The average molecular weight is 196 g/mol. The Kier molecular flexibility index (Phi) is 2.71. The Bertz CT molecular complexity index is 383. The van der Waals surface area contributed by atoms with Crippen molar-refractivity contribution in [1.82, 2.24) is 0 Å². The Labute approximate surface area is 79.6 Å². The van der Waals surface area contributed by atoms with E-state index in [0.29, 0.717) is 6.29 Å². The third kappa shape index (κ3) is 1.66. The Balaban J connectivity index is 3.41. The second kappa shape index (κ2) is 3.78. The van der Waals surface area contributed by atoms with Crippen molar-refractivity contribution >= 4 is 12.3 Å². The summed E-state index contributed by atoms with van der Waals surface area (Å²) in [7, 11) is 1.27. The van der Waals surface area contributed by atoms with Gasteiger partial charge in [0.05, 0.1) is 7.11 Å². The quantitative estimate of drug-likeness (QED) is 0.702. The number of carbonyl (C=O) groups excluding carboxylic acids is 1. The molecule has 0 saturated heterocycles. The SMILES string of the molecule is COc1cc(C=O)cc(C(=O)O)c1O. The number of rotatable bonds is 3. The molecular formula is C9H8O5. The Morgan fingerprint density at radius 1 is 1.50 bits per heavy atom. The van der Waals surface area contributed by atoms with Crippen molar-refractivity contribution < 1.29 is 24.5 Å². The van der Waals surface area contributed by atoms with Crippen LogP contribution in [0.25, 0.3) is 0 Å². The molecule has 1 aromatic carbocycles. The molecular weight excluding hydrogens is 188 g/mol. The Morgan fingerprint density at radius 3 is 2.57 bits per heavy atom. The van der Waals surface area contributed by atoms with Gasteiger partial charge in [0.15, 0.2) is 11.5 Å². The van der Waals surface area contributed by atoms with Crippen LogP contribution in [0.5, 0.6) is 11.5 Å². The molecule has 0 aliphatic rings. The lowest BCUT2D eigenvalue weighted by molar-refractivity contribution is 0.0693. The van der Waals surface area contributed by atoms with E-state index in [1.54, 1.807) is 0 Å².